The molecule has 0 heterocycles. The molecule has 0 bridgehead atoms. The zero-order valence-corrected chi connectivity index (χ0v) is 14.0. The molecule has 0 aliphatic carbocycles. The molecule has 3 heteroatoms. The zero-order chi connectivity index (χ0) is 15.1. The Morgan fingerprint density at radius 3 is 2.48 bits per heavy atom. The first-order valence-electron chi connectivity index (χ1n) is 7.48. The van der Waals surface area contributed by atoms with Crippen molar-refractivity contribution < 1.29 is 4.74 Å². The van der Waals surface area contributed by atoms with Crippen molar-refractivity contribution >= 4 is 15.9 Å². The van der Waals surface area contributed by atoms with Gasteiger partial charge in [0.2, 0.25) is 0 Å². The normalized spacial score (nSPS) is 10.6. The van der Waals surface area contributed by atoms with E-state index in [2.05, 4.69) is 41.1 Å². The molecule has 2 aromatic carbocycles. The van der Waals surface area contributed by atoms with Crippen molar-refractivity contribution in [2.24, 2.45) is 5.73 Å². The van der Waals surface area contributed by atoms with Crippen molar-refractivity contribution in [3.63, 3.8) is 0 Å². The number of unbranched alkanes of at least 4 members (excludes halogenated alkanes) is 1. The summed E-state index contributed by atoms with van der Waals surface area (Å²) in [7, 11) is 0. The predicted molar refractivity (Wildman–Crippen MR) is 92.0 cm³/mol. The second kappa shape index (κ2) is 8.20. The van der Waals surface area contributed by atoms with Gasteiger partial charge >= 0.3 is 0 Å². The van der Waals surface area contributed by atoms with Gasteiger partial charge in [0.25, 0.3) is 0 Å². The van der Waals surface area contributed by atoms with Gasteiger partial charge in [0.05, 0.1) is 0 Å². The number of aryl methyl sites for hydroxylation is 1. The van der Waals surface area contributed by atoms with Crippen LogP contribution in [0.4, 0.5) is 0 Å². The molecule has 0 fully saturated rings. The number of halogens is 1. The smallest absolute Gasteiger partial charge is 0.130 e. The van der Waals surface area contributed by atoms with Gasteiger partial charge in [0.15, 0.2) is 0 Å². The molecule has 2 N–H and O–H groups in total. The highest BCUT2D eigenvalue weighted by molar-refractivity contribution is 9.10. The van der Waals surface area contributed by atoms with Crippen LogP contribution in [0.25, 0.3) is 0 Å². The zero-order valence-electron chi connectivity index (χ0n) is 12.4. The number of nitrogens with two attached hydrogens (primary N) is 1. The first-order chi connectivity index (χ1) is 10.2. The topological polar surface area (TPSA) is 35.2 Å². The fraction of sp³-hybridized carbons (Fsp3) is 0.333. The SMILES string of the molecule is CCCCc1ccc(Oc2ccc(Br)cc2CCN)cc1. The second-order valence-electron chi connectivity index (χ2n) is 5.14. The molecule has 0 aromatic heterocycles. The number of rotatable bonds is 7. The quantitative estimate of drug-likeness (QED) is 0.757. The Labute approximate surface area is 135 Å². The first kappa shape index (κ1) is 16.1. The Bertz CT molecular complexity index is 566. The third-order valence-electron chi connectivity index (χ3n) is 3.41. The van der Waals surface area contributed by atoms with Crippen molar-refractivity contribution in [3.8, 4) is 11.5 Å². The standard InChI is InChI=1S/C18H22BrNO/c1-2-3-4-14-5-8-17(9-6-14)21-18-10-7-16(19)13-15(18)11-12-20/h5-10,13H,2-4,11-12,20H2,1H3. The maximum Gasteiger partial charge on any atom is 0.130 e. The minimum atomic E-state index is 0.614. The summed E-state index contributed by atoms with van der Waals surface area (Å²) in [5, 5.41) is 0. The number of benzene rings is 2. The van der Waals surface area contributed by atoms with Crippen LogP contribution in [-0.4, -0.2) is 6.54 Å². The van der Waals surface area contributed by atoms with Crippen LogP contribution in [0.1, 0.15) is 30.9 Å². The average Bonchev–Trinajstić information content (AvgIpc) is 2.49. The molecule has 0 spiro atoms. The van der Waals surface area contributed by atoms with E-state index in [0.717, 1.165) is 34.4 Å². The van der Waals surface area contributed by atoms with Crippen molar-refractivity contribution in [2.75, 3.05) is 6.54 Å². The Morgan fingerprint density at radius 2 is 1.81 bits per heavy atom. The first-order valence-corrected chi connectivity index (χ1v) is 8.27. The maximum atomic E-state index is 6.00. The van der Waals surface area contributed by atoms with Crippen molar-refractivity contribution in [1.82, 2.24) is 0 Å². The van der Waals surface area contributed by atoms with E-state index in [-0.39, 0.29) is 0 Å². The molecule has 0 saturated carbocycles. The molecule has 112 valence electrons. The van der Waals surface area contributed by atoms with Gasteiger partial charge in [0.1, 0.15) is 11.5 Å². The molecule has 21 heavy (non-hydrogen) atoms. The Hall–Kier alpha value is -1.32. The predicted octanol–water partition coefficient (Wildman–Crippen LogP) is 5.09. The number of hydrogen-bond acceptors (Lipinski definition) is 2. The van der Waals surface area contributed by atoms with Crippen LogP contribution < -0.4 is 10.5 Å². The molecule has 2 rings (SSSR count). The lowest BCUT2D eigenvalue weighted by atomic mass is 10.1. The minimum Gasteiger partial charge on any atom is -0.457 e. The number of hydrogen-bond donors (Lipinski definition) is 1. The van der Waals surface area contributed by atoms with Crippen LogP contribution in [0.15, 0.2) is 46.9 Å². The molecule has 0 saturated heterocycles. The van der Waals surface area contributed by atoms with Gasteiger partial charge in [-0.1, -0.05) is 41.4 Å². The highest BCUT2D eigenvalue weighted by Crippen LogP contribution is 2.28. The molecule has 0 aliphatic heterocycles. The molecule has 0 radical (unpaired) electrons. The van der Waals surface area contributed by atoms with E-state index in [9.17, 15) is 0 Å². The summed E-state index contributed by atoms with van der Waals surface area (Å²) in [4.78, 5) is 0. The summed E-state index contributed by atoms with van der Waals surface area (Å²) in [6.45, 7) is 2.83. The van der Waals surface area contributed by atoms with Crippen molar-refractivity contribution in [3.05, 3.63) is 58.1 Å². The van der Waals surface area contributed by atoms with Gasteiger partial charge in [-0.3, -0.25) is 0 Å². The van der Waals surface area contributed by atoms with Gasteiger partial charge in [0, 0.05) is 4.47 Å². The molecule has 0 aliphatic rings. The molecule has 0 unspecified atom stereocenters. The highest BCUT2D eigenvalue weighted by Gasteiger charge is 2.05. The van der Waals surface area contributed by atoms with Gasteiger partial charge in [-0.2, -0.15) is 0 Å². The Kier molecular flexibility index (Phi) is 6.27. The monoisotopic (exact) mass is 347 g/mol. The van der Waals surface area contributed by atoms with Crippen LogP contribution in [-0.2, 0) is 12.8 Å². The summed E-state index contributed by atoms with van der Waals surface area (Å²) in [5.74, 6) is 1.75. The van der Waals surface area contributed by atoms with Crippen molar-refractivity contribution in [2.45, 2.75) is 32.6 Å². The summed E-state index contributed by atoms with van der Waals surface area (Å²) < 4.78 is 7.05. The third kappa shape index (κ3) is 4.87. The van der Waals surface area contributed by atoms with E-state index in [1.165, 1.54) is 18.4 Å². The lowest BCUT2D eigenvalue weighted by molar-refractivity contribution is 0.476. The molecular formula is C18H22BrNO. The second-order valence-corrected chi connectivity index (χ2v) is 6.06. The maximum absolute atomic E-state index is 6.00. The largest absolute Gasteiger partial charge is 0.457 e. The summed E-state index contributed by atoms with van der Waals surface area (Å²) >= 11 is 3.49. The van der Waals surface area contributed by atoms with E-state index in [0.29, 0.717) is 6.54 Å². The van der Waals surface area contributed by atoms with Gasteiger partial charge in [-0.25, -0.2) is 0 Å². The average molecular weight is 348 g/mol. The van der Waals surface area contributed by atoms with Crippen molar-refractivity contribution in [1.29, 1.82) is 0 Å². The Morgan fingerprint density at radius 1 is 1.05 bits per heavy atom. The summed E-state index contributed by atoms with van der Waals surface area (Å²) in [5.41, 5.74) is 8.16. The van der Waals surface area contributed by atoms with Gasteiger partial charge in [-0.05, 0) is 67.3 Å². The molecule has 0 atom stereocenters. The highest BCUT2D eigenvalue weighted by atomic mass is 79.9. The van der Waals surface area contributed by atoms with Crippen LogP contribution >= 0.6 is 15.9 Å². The number of ether oxygens (including phenoxy) is 1. The van der Waals surface area contributed by atoms with E-state index in [1.54, 1.807) is 0 Å². The lowest BCUT2D eigenvalue weighted by Gasteiger charge is -2.11. The summed E-state index contributed by atoms with van der Waals surface area (Å²) in [6, 6.07) is 14.4. The Balaban J connectivity index is 2.10. The van der Waals surface area contributed by atoms with E-state index in [1.807, 2.05) is 24.3 Å². The van der Waals surface area contributed by atoms with E-state index in [4.69, 9.17) is 10.5 Å². The van der Waals surface area contributed by atoms with Crippen LogP contribution in [0.3, 0.4) is 0 Å². The lowest BCUT2D eigenvalue weighted by Crippen LogP contribution is -2.04. The fourth-order valence-corrected chi connectivity index (χ4v) is 2.64. The molecule has 0 amide bonds. The minimum absolute atomic E-state index is 0.614. The fourth-order valence-electron chi connectivity index (χ4n) is 2.23. The summed E-state index contributed by atoms with van der Waals surface area (Å²) in [6.07, 6.45) is 4.39. The third-order valence-corrected chi connectivity index (χ3v) is 3.90. The van der Waals surface area contributed by atoms with Crippen LogP contribution in [0.5, 0.6) is 11.5 Å². The molecule has 2 aromatic rings. The molecule has 2 nitrogen and oxygen atoms in total. The van der Waals surface area contributed by atoms with Gasteiger partial charge < -0.3 is 10.5 Å². The van der Waals surface area contributed by atoms with Crippen LogP contribution in [0, 0.1) is 0 Å². The van der Waals surface area contributed by atoms with E-state index < -0.39 is 0 Å². The van der Waals surface area contributed by atoms with Gasteiger partial charge in [-0.15, -0.1) is 0 Å². The van der Waals surface area contributed by atoms with E-state index >= 15 is 0 Å². The molecular weight excluding hydrogens is 326 g/mol. The van der Waals surface area contributed by atoms with Crippen LogP contribution in [0.2, 0.25) is 0 Å².